The first-order chi connectivity index (χ1) is 12.6. The predicted octanol–water partition coefficient (Wildman–Crippen LogP) is 2.85. The largest absolute Gasteiger partial charge is 0.504 e. The molecule has 0 atom stereocenters. The van der Waals surface area contributed by atoms with Crippen LogP contribution < -0.4 is 10.9 Å². The predicted molar refractivity (Wildman–Crippen MR) is 100 cm³/mol. The number of carbonyl (C=O) groups is 1. The molecule has 26 heavy (non-hydrogen) atoms. The number of aromatic nitrogens is 3. The van der Waals surface area contributed by atoms with Gasteiger partial charge in [0.15, 0.2) is 11.6 Å². The highest BCUT2D eigenvalue weighted by Crippen LogP contribution is 2.29. The van der Waals surface area contributed by atoms with Gasteiger partial charge in [-0.25, -0.2) is 9.97 Å². The maximum atomic E-state index is 12.9. The Bertz CT molecular complexity index is 1070. The quantitative estimate of drug-likeness (QED) is 0.723. The van der Waals surface area contributed by atoms with Crippen molar-refractivity contribution in [3.05, 3.63) is 44.9 Å². The van der Waals surface area contributed by atoms with Crippen molar-refractivity contribution in [1.29, 1.82) is 0 Å². The van der Waals surface area contributed by atoms with Crippen LogP contribution in [-0.2, 0) is 13.0 Å². The number of aryl methyl sites for hydroxylation is 2. The highest BCUT2D eigenvalue weighted by molar-refractivity contribution is 7.20. The maximum absolute atomic E-state index is 12.9. The molecule has 7 nitrogen and oxygen atoms in total. The number of pyridine rings is 1. The van der Waals surface area contributed by atoms with Crippen molar-refractivity contribution in [1.82, 2.24) is 14.5 Å². The van der Waals surface area contributed by atoms with E-state index in [-0.39, 0.29) is 17.1 Å². The van der Waals surface area contributed by atoms with Crippen molar-refractivity contribution in [3.63, 3.8) is 0 Å². The number of aromatic hydroxyl groups is 1. The molecule has 0 fully saturated rings. The van der Waals surface area contributed by atoms with Crippen LogP contribution in [0.4, 0.5) is 5.82 Å². The zero-order valence-electron chi connectivity index (χ0n) is 14.3. The molecule has 4 rings (SSSR count). The van der Waals surface area contributed by atoms with E-state index in [0.717, 1.165) is 31.5 Å². The van der Waals surface area contributed by atoms with Gasteiger partial charge in [0.25, 0.3) is 11.5 Å². The van der Waals surface area contributed by atoms with Crippen molar-refractivity contribution < 1.29 is 9.90 Å². The number of hydrogen-bond donors (Lipinski definition) is 2. The van der Waals surface area contributed by atoms with Gasteiger partial charge in [0.1, 0.15) is 10.7 Å². The summed E-state index contributed by atoms with van der Waals surface area (Å²) in [5, 5.41) is 12.9. The first-order valence-electron chi connectivity index (χ1n) is 8.54. The topological polar surface area (TPSA) is 97.1 Å². The molecule has 1 aliphatic rings. The number of amides is 1. The van der Waals surface area contributed by atoms with Crippen molar-refractivity contribution in [2.45, 2.75) is 39.2 Å². The monoisotopic (exact) mass is 370 g/mol. The van der Waals surface area contributed by atoms with Gasteiger partial charge in [0, 0.05) is 19.2 Å². The summed E-state index contributed by atoms with van der Waals surface area (Å²) in [4.78, 5) is 35.2. The van der Waals surface area contributed by atoms with E-state index in [4.69, 9.17) is 0 Å². The fraction of sp³-hybridized carbons (Fsp3) is 0.333. The molecule has 0 saturated heterocycles. The Kier molecular flexibility index (Phi) is 4.20. The lowest BCUT2D eigenvalue weighted by molar-refractivity contribution is 0.102. The first kappa shape index (κ1) is 16.7. The standard InChI is InChI=1S/C18H18N4O3S/c1-10-13-17(20-12-7-3-2-4-9-22(12)18(13)25)26-14(10)16(24)21-15-11(23)6-5-8-19-15/h5-6,8,23H,2-4,7,9H2,1H3,(H,19,21,24). The second-order valence-corrected chi connectivity index (χ2v) is 7.36. The smallest absolute Gasteiger partial charge is 0.267 e. The minimum absolute atomic E-state index is 0.0691. The second kappa shape index (κ2) is 6.53. The molecule has 0 saturated carbocycles. The van der Waals surface area contributed by atoms with Crippen LogP contribution in [0.25, 0.3) is 10.2 Å². The summed E-state index contributed by atoms with van der Waals surface area (Å²) >= 11 is 1.20. The van der Waals surface area contributed by atoms with Crippen LogP contribution in [0.3, 0.4) is 0 Å². The molecule has 0 unspecified atom stereocenters. The number of rotatable bonds is 2. The Labute approximate surface area is 153 Å². The van der Waals surface area contributed by atoms with Gasteiger partial charge in [-0.1, -0.05) is 6.42 Å². The fourth-order valence-corrected chi connectivity index (χ4v) is 4.37. The minimum Gasteiger partial charge on any atom is -0.504 e. The van der Waals surface area contributed by atoms with Crippen molar-refractivity contribution >= 4 is 33.3 Å². The van der Waals surface area contributed by atoms with E-state index in [0.29, 0.717) is 27.2 Å². The molecular weight excluding hydrogens is 352 g/mol. The number of nitrogens with one attached hydrogen (secondary N) is 1. The van der Waals surface area contributed by atoms with E-state index in [1.165, 1.54) is 23.6 Å². The lowest BCUT2D eigenvalue weighted by Crippen LogP contribution is -2.24. The van der Waals surface area contributed by atoms with E-state index in [9.17, 15) is 14.7 Å². The third-order valence-electron chi connectivity index (χ3n) is 4.64. The van der Waals surface area contributed by atoms with Gasteiger partial charge < -0.3 is 10.4 Å². The average molecular weight is 370 g/mol. The van der Waals surface area contributed by atoms with Crippen molar-refractivity contribution in [3.8, 4) is 5.75 Å². The molecular formula is C18H18N4O3S. The molecule has 1 amide bonds. The second-order valence-electron chi connectivity index (χ2n) is 6.36. The highest BCUT2D eigenvalue weighted by Gasteiger charge is 2.22. The van der Waals surface area contributed by atoms with Crippen LogP contribution in [0.15, 0.2) is 23.1 Å². The summed E-state index contributed by atoms with van der Waals surface area (Å²) in [6.07, 6.45) is 5.35. The van der Waals surface area contributed by atoms with Crippen LogP contribution >= 0.6 is 11.3 Å². The average Bonchev–Trinajstić information content (AvgIpc) is 2.80. The number of carbonyl (C=O) groups excluding carboxylic acids is 1. The van der Waals surface area contributed by atoms with Crippen LogP contribution in [0, 0.1) is 6.92 Å². The van der Waals surface area contributed by atoms with Gasteiger partial charge in [-0.2, -0.15) is 0 Å². The van der Waals surface area contributed by atoms with Gasteiger partial charge in [-0.05, 0) is 37.5 Å². The summed E-state index contributed by atoms with van der Waals surface area (Å²) < 4.78 is 1.75. The normalized spacial score (nSPS) is 14.0. The summed E-state index contributed by atoms with van der Waals surface area (Å²) in [5.41, 5.74) is 0.551. The van der Waals surface area contributed by atoms with Gasteiger partial charge >= 0.3 is 0 Å². The summed E-state index contributed by atoms with van der Waals surface area (Å²) in [6, 6.07) is 3.03. The van der Waals surface area contributed by atoms with Crippen molar-refractivity contribution in [2.75, 3.05) is 5.32 Å². The molecule has 8 heteroatoms. The van der Waals surface area contributed by atoms with Crippen LogP contribution in [0.1, 0.15) is 40.3 Å². The molecule has 134 valence electrons. The number of thiophene rings is 1. The van der Waals surface area contributed by atoms with Gasteiger partial charge in [0.2, 0.25) is 0 Å². The summed E-state index contributed by atoms with van der Waals surface area (Å²) in [5.74, 6) is 0.383. The summed E-state index contributed by atoms with van der Waals surface area (Å²) in [6.45, 7) is 2.44. The van der Waals surface area contributed by atoms with Crippen molar-refractivity contribution in [2.24, 2.45) is 0 Å². The molecule has 0 bridgehead atoms. The van der Waals surface area contributed by atoms with Crippen LogP contribution in [0.2, 0.25) is 0 Å². The molecule has 1 aliphatic heterocycles. The first-order valence-corrected chi connectivity index (χ1v) is 9.36. The third kappa shape index (κ3) is 2.76. The molecule has 4 heterocycles. The zero-order chi connectivity index (χ0) is 18.3. The Balaban J connectivity index is 1.78. The minimum atomic E-state index is -0.404. The van der Waals surface area contributed by atoms with Gasteiger partial charge in [0.05, 0.1) is 10.3 Å². The lowest BCUT2D eigenvalue weighted by Gasteiger charge is -2.08. The number of nitrogens with zero attached hydrogens (tertiary/aromatic N) is 3. The summed E-state index contributed by atoms with van der Waals surface area (Å²) in [7, 11) is 0. The molecule has 2 N–H and O–H groups in total. The third-order valence-corrected chi connectivity index (χ3v) is 5.82. The van der Waals surface area contributed by atoms with Crippen LogP contribution in [0.5, 0.6) is 5.75 Å². The van der Waals surface area contributed by atoms with E-state index in [2.05, 4.69) is 15.3 Å². The zero-order valence-corrected chi connectivity index (χ0v) is 15.1. The number of anilines is 1. The Morgan fingerprint density at radius 2 is 2.19 bits per heavy atom. The molecule has 0 radical (unpaired) electrons. The Morgan fingerprint density at radius 1 is 1.35 bits per heavy atom. The number of fused-ring (bicyclic) bond motifs is 2. The van der Waals surface area contributed by atoms with E-state index >= 15 is 0 Å². The van der Waals surface area contributed by atoms with E-state index in [1.54, 1.807) is 17.6 Å². The highest BCUT2D eigenvalue weighted by atomic mass is 32.1. The maximum Gasteiger partial charge on any atom is 0.267 e. The van der Waals surface area contributed by atoms with E-state index < -0.39 is 5.91 Å². The number of hydrogen-bond acceptors (Lipinski definition) is 6. The fourth-order valence-electron chi connectivity index (χ4n) is 3.28. The Morgan fingerprint density at radius 3 is 3.00 bits per heavy atom. The molecule has 3 aromatic heterocycles. The van der Waals surface area contributed by atoms with Gasteiger partial charge in [-0.3, -0.25) is 14.2 Å². The molecule has 0 aliphatic carbocycles. The van der Waals surface area contributed by atoms with Crippen LogP contribution in [-0.4, -0.2) is 25.5 Å². The van der Waals surface area contributed by atoms with Gasteiger partial charge in [-0.15, -0.1) is 11.3 Å². The molecule has 0 aromatic carbocycles. The molecule has 3 aromatic rings. The lowest BCUT2D eigenvalue weighted by atomic mass is 10.2. The Hall–Kier alpha value is -2.74. The SMILES string of the molecule is Cc1c(C(=O)Nc2ncccc2O)sc2nc3n(c(=O)c12)CCCCC3. The van der Waals surface area contributed by atoms with E-state index in [1.807, 2.05) is 0 Å². The molecule has 0 spiro atoms.